The highest BCUT2D eigenvalue weighted by atomic mass is 79.9. The second-order valence-corrected chi connectivity index (χ2v) is 6.21. The largest absolute Gasteiger partial charge is 0.507 e. The molecule has 0 unspecified atom stereocenters. The monoisotopic (exact) mass is 398 g/mol. The number of benzene rings is 3. The van der Waals surface area contributed by atoms with Crippen molar-refractivity contribution >= 4 is 38.8 Å². The van der Waals surface area contributed by atoms with Gasteiger partial charge in [-0.1, -0.05) is 46.3 Å². The number of rotatable bonds is 5. The maximum absolute atomic E-state index is 11.8. The number of phenolic OH excluding ortho intramolecular Hbond substituents is 1. The predicted molar refractivity (Wildman–Crippen MR) is 101 cm³/mol. The Labute approximate surface area is 153 Å². The molecule has 1 amide bonds. The van der Waals surface area contributed by atoms with Crippen LogP contribution in [-0.2, 0) is 4.79 Å². The molecular weight excluding hydrogens is 384 g/mol. The molecule has 2 N–H and O–H groups in total. The van der Waals surface area contributed by atoms with Gasteiger partial charge in [0.2, 0.25) is 0 Å². The first-order valence-electron chi connectivity index (χ1n) is 7.54. The van der Waals surface area contributed by atoms with Crippen molar-refractivity contribution in [1.82, 2.24) is 5.43 Å². The van der Waals surface area contributed by atoms with E-state index < -0.39 is 0 Å². The molecule has 0 spiro atoms. The Kier molecular flexibility index (Phi) is 5.30. The molecule has 5 nitrogen and oxygen atoms in total. The molecule has 0 heterocycles. The molecule has 126 valence electrons. The lowest BCUT2D eigenvalue weighted by Gasteiger charge is -2.06. The summed E-state index contributed by atoms with van der Waals surface area (Å²) >= 11 is 3.30. The Hall–Kier alpha value is -2.86. The van der Waals surface area contributed by atoms with Gasteiger partial charge in [-0.2, -0.15) is 5.10 Å². The Bertz CT molecular complexity index is 941. The number of phenols is 1. The van der Waals surface area contributed by atoms with Crippen LogP contribution in [-0.4, -0.2) is 23.8 Å². The summed E-state index contributed by atoms with van der Waals surface area (Å²) < 4.78 is 6.28. The van der Waals surface area contributed by atoms with Gasteiger partial charge in [0.15, 0.2) is 6.61 Å². The van der Waals surface area contributed by atoms with Gasteiger partial charge >= 0.3 is 0 Å². The van der Waals surface area contributed by atoms with E-state index in [1.54, 1.807) is 12.1 Å². The minimum Gasteiger partial charge on any atom is -0.507 e. The zero-order valence-electron chi connectivity index (χ0n) is 13.1. The Morgan fingerprint density at radius 2 is 1.92 bits per heavy atom. The summed E-state index contributed by atoms with van der Waals surface area (Å²) in [5.74, 6) is 0.301. The van der Waals surface area contributed by atoms with Crippen molar-refractivity contribution in [3.8, 4) is 11.5 Å². The van der Waals surface area contributed by atoms with Crippen LogP contribution < -0.4 is 10.2 Å². The minimum absolute atomic E-state index is 0.0774. The van der Waals surface area contributed by atoms with Gasteiger partial charge in [-0.25, -0.2) is 5.43 Å². The number of halogens is 1. The van der Waals surface area contributed by atoms with Crippen LogP contribution in [0.15, 0.2) is 70.2 Å². The smallest absolute Gasteiger partial charge is 0.277 e. The fourth-order valence-electron chi connectivity index (χ4n) is 2.24. The Balaban J connectivity index is 1.55. The van der Waals surface area contributed by atoms with Gasteiger partial charge in [0.05, 0.1) is 6.21 Å². The molecule has 6 heteroatoms. The van der Waals surface area contributed by atoms with E-state index in [4.69, 9.17) is 4.74 Å². The number of hydrazone groups is 1. The maximum atomic E-state index is 11.8. The number of amides is 1. The van der Waals surface area contributed by atoms with Crippen LogP contribution in [0.5, 0.6) is 11.5 Å². The average molecular weight is 399 g/mol. The third-order valence-corrected chi connectivity index (χ3v) is 3.97. The molecule has 0 fully saturated rings. The highest BCUT2D eigenvalue weighted by molar-refractivity contribution is 9.10. The fraction of sp³-hybridized carbons (Fsp3) is 0.0526. The number of carbonyl (C=O) groups excluding carboxylic acids is 1. The topological polar surface area (TPSA) is 70.9 Å². The van der Waals surface area contributed by atoms with Crippen molar-refractivity contribution < 1.29 is 14.6 Å². The number of fused-ring (bicyclic) bond motifs is 1. The van der Waals surface area contributed by atoms with Crippen molar-refractivity contribution in [3.05, 3.63) is 70.7 Å². The predicted octanol–water partition coefficient (Wildman–Crippen LogP) is 3.84. The Morgan fingerprint density at radius 3 is 2.76 bits per heavy atom. The van der Waals surface area contributed by atoms with Crippen molar-refractivity contribution in [3.63, 3.8) is 0 Å². The van der Waals surface area contributed by atoms with Crippen LogP contribution in [0.1, 0.15) is 5.56 Å². The van der Waals surface area contributed by atoms with Crippen LogP contribution in [0.2, 0.25) is 0 Å². The summed E-state index contributed by atoms with van der Waals surface area (Å²) in [6, 6.07) is 18.5. The van der Waals surface area contributed by atoms with E-state index in [-0.39, 0.29) is 18.3 Å². The van der Waals surface area contributed by atoms with Crippen LogP contribution in [0, 0.1) is 0 Å². The van der Waals surface area contributed by atoms with Gasteiger partial charge in [0, 0.05) is 10.0 Å². The van der Waals surface area contributed by atoms with E-state index in [9.17, 15) is 9.90 Å². The second-order valence-electron chi connectivity index (χ2n) is 5.29. The van der Waals surface area contributed by atoms with Crippen molar-refractivity contribution in [2.45, 2.75) is 0 Å². The third-order valence-electron chi connectivity index (χ3n) is 3.47. The number of hydrogen-bond acceptors (Lipinski definition) is 4. The molecule has 3 aromatic carbocycles. The zero-order chi connectivity index (χ0) is 17.6. The summed E-state index contributed by atoms with van der Waals surface area (Å²) in [6.07, 6.45) is 1.37. The summed E-state index contributed by atoms with van der Waals surface area (Å²) in [5.41, 5.74) is 2.86. The molecule has 0 aromatic heterocycles. The zero-order valence-corrected chi connectivity index (χ0v) is 14.7. The molecule has 0 aliphatic carbocycles. The number of nitrogens with one attached hydrogen (secondary N) is 1. The molecule has 0 atom stereocenters. The second kappa shape index (κ2) is 7.81. The van der Waals surface area contributed by atoms with Gasteiger partial charge in [0.25, 0.3) is 5.91 Å². The summed E-state index contributed by atoms with van der Waals surface area (Å²) in [4.78, 5) is 11.8. The van der Waals surface area contributed by atoms with E-state index in [0.717, 1.165) is 15.2 Å². The van der Waals surface area contributed by atoms with Crippen LogP contribution in [0.3, 0.4) is 0 Å². The van der Waals surface area contributed by atoms with E-state index in [0.29, 0.717) is 11.3 Å². The van der Waals surface area contributed by atoms with E-state index in [1.807, 2.05) is 42.5 Å². The molecule has 0 saturated carbocycles. The van der Waals surface area contributed by atoms with Crippen molar-refractivity contribution in [1.29, 1.82) is 0 Å². The quantitative estimate of drug-likeness (QED) is 0.506. The van der Waals surface area contributed by atoms with E-state index >= 15 is 0 Å². The summed E-state index contributed by atoms with van der Waals surface area (Å²) in [7, 11) is 0. The lowest BCUT2D eigenvalue weighted by atomic mass is 10.1. The number of nitrogens with zero attached hydrogens (tertiary/aromatic N) is 1. The lowest BCUT2D eigenvalue weighted by Crippen LogP contribution is -2.24. The molecular formula is C19H15BrN2O3. The van der Waals surface area contributed by atoms with Gasteiger partial charge in [-0.05, 0) is 41.1 Å². The van der Waals surface area contributed by atoms with Crippen molar-refractivity contribution in [2.75, 3.05) is 6.61 Å². The number of aromatic hydroxyl groups is 1. The Morgan fingerprint density at radius 1 is 1.12 bits per heavy atom. The van der Waals surface area contributed by atoms with Crippen LogP contribution >= 0.6 is 15.9 Å². The maximum Gasteiger partial charge on any atom is 0.277 e. The van der Waals surface area contributed by atoms with E-state index in [1.165, 1.54) is 12.3 Å². The van der Waals surface area contributed by atoms with Gasteiger partial charge in [-0.15, -0.1) is 0 Å². The molecule has 0 radical (unpaired) electrons. The average Bonchev–Trinajstić information content (AvgIpc) is 2.62. The molecule has 25 heavy (non-hydrogen) atoms. The highest BCUT2D eigenvalue weighted by Gasteiger charge is 2.03. The van der Waals surface area contributed by atoms with Gasteiger partial charge in [-0.3, -0.25) is 4.79 Å². The molecule has 0 aliphatic rings. The van der Waals surface area contributed by atoms with Gasteiger partial charge < -0.3 is 9.84 Å². The van der Waals surface area contributed by atoms with Gasteiger partial charge in [0.1, 0.15) is 11.5 Å². The minimum atomic E-state index is -0.390. The molecule has 0 bridgehead atoms. The van der Waals surface area contributed by atoms with Crippen LogP contribution in [0.4, 0.5) is 0 Å². The normalized spacial score (nSPS) is 10.9. The molecule has 0 saturated heterocycles. The SMILES string of the molecule is O=C(COc1ccc2ccccc2c1)NN=Cc1cc(Br)ccc1O. The molecule has 0 aliphatic heterocycles. The van der Waals surface area contributed by atoms with E-state index in [2.05, 4.69) is 26.5 Å². The third kappa shape index (κ3) is 4.58. The first kappa shape index (κ1) is 17.0. The van der Waals surface area contributed by atoms with Crippen LogP contribution in [0.25, 0.3) is 10.8 Å². The molecule has 3 aromatic rings. The lowest BCUT2D eigenvalue weighted by molar-refractivity contribution is -0.123. The first-order chi connectivity index (χ1) is 12.1. The molecule has 3 rings (SSSR count). The number of hydrogen-bond donors (Lipinski definition) is 2. The number of ether oxygens (including phenoxy) is 1. The summed E-state index contributed by atoms with van der Waals surface area (Å²) in [6.45, 7) is -0.153. The number of carbonyl (C=O) groups is 1. The summed E-state index contributed by atoms with van der Waals surface area (Å²) in [5, 5.41) is 15.7. The highest BCUT2D eigenvalue weighted by Crippen LogP contribution is 2.21. The standard InChI is InChI=1S/C19H15BrN2O3/c20-16-6-8-18(23)15(9-16)11-21-22-19(24)12-25-17-7-5-13-3-1-2-4-14(13)10-17/h1-11,23H,12H2,(H,22,24). The first-order valence-corrected chi connectivity index (χ1v) is 8.33. The van der Waals surface area contributed by atoms with Crippen molar-refractivity contribution in [2.24, 2.45) is 5.10 Å². The fourth-order valence-corrected chi connectivity index (χ4v) is 2.62.